The van der Waals surface area contributed by atoms with E-state index in [1.165, 1.54) is 0 Å². The number of pyridine rings is 1. The maximum absolute atomic E-state index is 12.3. The Balaban J connectivity index is 1.33. The van der Waals surface area contributed by atoms with Gasteiger partial charge in [0.05, 0.1) is 12.2 Å². The first-order valence-electron chi connectivity index (χ1n) is 12.7. The van der Waals surface area contributed by atoms with Gasteiger partial charge in [0.25, 0.3) is 0 Å². The summed E-state index contributed by atoms with van der Waals surface area (Å²) in [6.45, 7) is 2.63. The lowest BCUT2D eigenvalue weighted by Gasteiger charge is -2.20. The Morgan fingerprint density at radius 1 is 1.03 bits per heavy atom. The molecule has 37 heavy (non-hydrogen) atoms. The van der Waals surface area contributed by atoms with Crippen molar-refractivity contribution in [1.29, 1.82) is 0 Å². The molecule has 2 aromatic heterocycles. The number of aromatic nitrogens is 1. The summed E-state index contributed by atoms with van der Waals surface area (Å²) in [4.78, 5) is 27.4. The summed E-state index contributed by atoms with van der Waals surface area (Å²) >= 11 is 0. The molecule has 0 saturated carbocycles. The van der Waals surface area contributed by atoms with E-state index in [0.29, 0.717) is 24.3 Å². The highest BCUT2D eigenvalue weighted by molar-refractivity contribution is 5.96. The summed E-state index contributed by atoms with van der Waals surface area (Å²) in [5, 5.41) is 13.3. The zero-order valence-corrected chi connectivity index (χ0v) is 21.0. The second kappa shape index (κ2) is 12.7. The first kappa shape index (κ1) is 25.9. The maximum atomic E-state index is 12.3. The minimum Gasteiger partial charge on any atom is -0.490 e. The number of carbonyl (C=O) groups excluding carboxylic acids is 1. The first-order chi connectivity index (χ1) is 18.0. The van der Waals surface area contributed by atoms with Gasteiger partial charge in [0.2, 0.25) is 0 Å². The zero-order valence-electron chi connectivity index (χ0n) is 21.0. The van der Waals surface area contributed by atoms with E-state index >= 15 is 0 Å². The van der Waals surface area contributed by atoms with Gasteiger partial charge in [-0.15, -0.1) is 0 Å². The molecular formula is C30H32N2O5. The summed E-state index contributed by atoms with van der Waals surface area (Å²) in [7, 11) is 0. The van der Waals surface area contributed by atoms with Gasteiger partial charge in [-0.1, -0.05) is 38.0 Å². The number of carboxylic acids is 1. The van der Waals surface area contributed by atoms with Crippen molar-refractivity contribution in [2.45, 2.75) is 51.5 Å². The smallest absolute Gasteiger partial charge is 0.303 e. The van der Waals surface area contributed by atoms with Crippen LogP contribution in [0.1, 0.15) is 55.8 Å². The van der Waals surface area contributed by atoms with Gasteiger partial charge in [-0.25, -0.2) is 4.98 Å². The van der Waals surface area contributed by atoms with Crippen molar-refractivity contribution >= 4 is 28.4 Å². The highest BCUT2D eigenvalue weighted by atomic mass is 16.5. The fourth-order valence-corrected chi connectivity index (χ4v) is 4.10. The third-order valence-corrected chi connectivity index (χ3v) is 6.14. The van der Waals surface area contributed by atoms with E-state index in [9.17, 15) is 9.59 Å². The molecule has 0 aliphatic carbocycles. The lowest BCUT2D eigenvalue weighted by Crippen LogP contribution is -2.27. The number of fused-ring (bicyclic) bond motifs is 1. The van der Waals surface area contributed by atoms with Gasteiger partial charge in [0.1, 0.15) is 23.6 Å². The molecule has 1 atom stereocenters. The maximum Gasteiger partial charge on any atom is 0.303 e. The number of ketones is 1. The van der Waals surface area contributed by atoms with Crippen LogP contribution in [0, 0.1) is 0 Å². The zero-order chi connectivity index (χ0) is 26.0. The Hall–Kier alpha value is -4.13. The average Bonchev–Trinajstić information content (AvgIpc) is 3.35. The molecule has 2 aromatic carbocycles. The number of furan rings is 1. The molecule has 0 spiro atoms. The number of Topliss-reactive ketones (excluding diaryl/α,β-unsaturated/α-hetero) is 1. The van der Waals surface area contributed by atoms with E-state index in [-0.39, 0.29) is 24.7 Å². The molecule has 0 unspecified atom stereocenters. The highest BCUT2D eigenvalue weighted by Crippen LogP contribution is 2.27. The van der Waals surface area contributed by atoms with Crippen LogP contribution in [0.3, 0.4) is 0 Å². The fraction of sp³-hybridized carbons (Fsp3) is 0.300. The van der Waals surface area contributed by atoms with Gasteiger partial charge in [-0.3, -0.25) is 9.59 Å². The van der Waals surface area contributed by atoms with Gasteiger partial charge >= 0.3 is 5.97 Å². The van der Waals surface area contributed by atoms with Crippen LogP contribution in [-0.2, 0) is 4.79 Å². The SMILES string of the molecule is CCCC[C@@H](COc1ccc(-c2cc3ccccc3o2)nc1)Nc1ccc(C(=O)CCCC(=O)O)cc1. The van der Waals surface area contributed by atoms with Crippen LogP contribution in [0.5, 0.6) is 5.75 Å². The van der Waals surface area contributed by atoms with Gasteiger partial charge in [0.15, 0.2) is 11.5 Å². The largest absolute Gasteiger partial charge is 0.490 e. The van der Waals surface area contributed by atoms with E-state index in [4.69, 9.17) is 14.3 Å². The predicted octanol–water partition coefficient (Wildman–Crippen LogP) is 6.98. The lowest BCUT2D eigenvalue weighted by molar-refractivity contribution is -0.137. The van der Waals surface area contributed by atoms with Crippen LogP contribution in [0.4, 0.5) is 5.69 Å². The normalized spacial score (nSPS) is 11.8. The second-order valence-electron chi connectivity index (χ2n) is 9.07. The van der Waals surface area contributed by atoms with Crippen molar-refractivity contribution in [2.24, 2.45) is 0 Å². The molecule has 0 radical (unpaired) electrons. The van der Waals surface area contributed by atoms with E-state index in [1.54, 1.807) is 18.3 Å². The number of hydrogen-bond donors (Lipinski definition) is 2. The number of rotatable bonds is 14. The molecule has 0 aliphatic heterocycles. The summed E-state index contributed by atoms with van der Waals surface area (Å²) in [6.07, 6.45) is 5.37. The molecule has 7 heteroatoms. The molecule has 4 rings (SSSR count). The Kier molecular flexibility index (Phi) is 8.92. The summed E-state index contributed by atoms with van der Waals surface area (Å²) in [5.41, 5.74) is 3.08. The molecule has 2 heterocycles. The minimum absolute atomic E-state index is 0.00262. The number of anilines is 1. The highest BCUT2D eigenvalue weighted by Gasteiger charge is 2.13. The average molecular weight is 501 g/mol. The Morgan fingerprint density at radius 3 is 2.54 bits per heavy atom. The fourth-order valence-electron chi connectivity index (χ4n) is 4.10. The quantitative estimate of drug-likeness (QED) is 0.180. The third-order valence-electron chi connectivity index (χ3n) is 6.14. The Labute approximate surface area is 216 Å². The molecule has 0 saturated heterocycles. The monoisotopic (exact) mass is 500 g/mol. The molecule has 0 amide bonds. The van der Waals surface area contributed by atoms with Crippen LogP contribution in [0.25, 0.3) is 22.4 Å². The molecule has 0 bridgehead atoms. The van der Waals surface area contributed by atoms with Crippen molar-refractivity contribution in [1.82, 2.24) is 4.98 Å². The summed E-state index contributed by atoms with van der Waals surface area (Å²) in [6, 6.07) is 21.1. The molecule has 192 valence electrons. The molecule has 0 fully saturated rings. The number of benzene rings is 2. The van der Waals surface area contributed by atoms with E-state index in [2.05, 4.69) is 17.2 Å². The number of carbonyl (C=O) groups is 2. The number of hydrogen-bond acceptors (Lipinski definition) is 6. The predicted molar refractivity (Wildman–Crippen MR) is 144 cm³/mol. The third kappa shape index (κ3) is 7.43. The molecule has 0 aliphatic rings. The van der Waals surface area contributed by atoms with Crippen LogP contribution < -0.4 is 10.1 Å². The second-order valence-corrected chi connectivity index (χ2v) is 9.07. The van der Waals surface area contributed by atoms with Crippen molar-refractivity contribution in [2.75, 3.05) is 11.9 Å². The summed E-state index contributed by atoms with van der Waals surface area (Å²) in [5.74, 6) is 0.479. The summed E-state index contributed by atoms with van der Waals surface area (Å²) < 4.78 is 12.0. The van der Waals surface area contributed by atoms with Crippen LogP contribution >= 0.6 is 0 Å². The topological polar surface area (TPSA) is 102 Å². The number of carboxylic acid groups (broad SMARTS) is 1. The number of para-hydroxylation sites is 1. The number of ether oxygens (including phenoxy) is 1. The number of aliphatic carboxylic acids is 1. The molecular weight excluding hydrogens is 468 g/mol. The Bertz CT molecular complexity index is 1280. The lowest BCUT2D eigenvalue weighted by atomic mass is 10.0. The van der Waals surface area contributed by atoms with Gasteiger partial charge in [-0.05, 0) is 61.4 Å². The van der Waals surface area contributed by atoms with Crippen molar-refractivity contribution in [3.63, 3.8) is 0 Å². The number of unbranched alkanes of at least 4 members (excludes halogenated alkanes) is 1. The standard InChI is InChI=1S/C30H32N2O5/c1-2-3-8-24(32-23-14-12-21(13-15-23)27(33)9-6-11-30(34)35)20-36-25-16-17-26(31-19-25)29-18-22-7-4-5-10-28(22)37-29/h4-5,7,10,12-19,24,32H,2-3,6,8-9,11,20H2,1H3,(H,34,35)/t24-/m0/s1. The molecule has 4 aromatic rings. The van der Waals surface area contributed by atoms with Crippen molar-refractivity contribution < 1.29 is 23.8 Å². The van der Waals surface area contributed by atoms with E-state index in [0.717, 1.165) is 47.4 Å². The van der Waals surface area contributed by atoms with Crippen molar-refractivity contribution in [3.05, 3.63) is 78.5 Å². The van der Waals surface area contributed by atoms with Gasteiger partial charge < -0.3 is 19.6 Å². The van der Waals surface area contributed by atoms with Crippen LogP contribution in [0.2, 0.25) is 0 Å². The Morgan fingerprint density at radius 2 is 1.84 bits per heavy atom. The molecule has 2 N–H and O–H groups in total. The van der Waals surface area contributed by atoms with Crippen molar-refractivity contribution in [3.8, 4) is 17.2 Å². The van der Waals surface area contributed by atoms with Crippen LogP contribution in [0.15, 0.2) is 77.3 Å². The van der Waals surface area contributed by atoms with Gasteiger partial charge in [0, 0.05) is 29.5 Å². The van der Waals surface area contributed by atoms with Gasteiger partial charge in [-0.2, -0.15) is 0 Å². The minimum atomic E-state index is -0.884. The van der Waals surface area contributed by atoms with E-state index in [1.807, 2.05) is 54.6 Å². The van der Waals surface area contributed by atoms with E-state index < -0.39 is 5.97 Å². The van der Waals surface area contributed by atoms with Crippen LogP contribution in [-0.4, -0.2) is 34.5 Å². The number of nitrogens with zero attached hydrogens (tertiary/aromatic N) is 1. The molecule has 7 nitrogen and oxygen atoms in total. The number of nitrogens with one attached hydrogen (secondary N) is 1. The first-order valence-corrected chi connectivity index (χ1v) is 12.7.